The van der Waals surface area contributed by atoms with Gasteiger partial charge in [0.2, 0.25) is 0 Å². The van der Waals surface area contributed by atoms with Gasteiger partial charge in [-0.3, -0.25) is 4.79 Å². The largest absolute Gasteiger partial charge is 0.478 e. The average Bonchev–Trinajstić information content (AvgIpc) is 3.43. The van der Waals surface area contributed by atoms with Crippen LogP contribution in [0.4, 0.5) is 14.5 Å². The van der Waals surface area contributed by atoms with Gasteiger partial charge in [-0.1, -0.05) is 6.07 Å². The van der Waals surface area contributed by atoms with Crippen molar-refractivity contribution in [1.82, 2.24) is 0 Å². The van der Waals surface area contributed by atoms with E-state index in [2.05, 4.69) is 0 Å². The van der Waals surface area contributed by atoms with Gasteiger partial charge in [-0.05, 0) is 49.1 Å². The molecule has 1 aliphatic rings. The number of hydrogen-bond acceptors (Lipinski definition) is 3. The van der Waals surface area contributed by atoms with Gasteiger partial charge in [-0.2, -0.15) is 5.26 Å². The minimum absolute atomic E-state index is 0.0619. The molecule has 0 aromatic heterocycles. The minimum Gasteiger partial charge on any atom is -0.478 e. The Morgan fingerprint density at radius 3 is 2.50 bits per heavy atom. The number of carboxylic acids is 1. The molecule has 0 aliphatic heterocycles. The molecule has 7 heteroatoms. The zero-order chi connectivity index (χ0) is 18.8. The Morgan fingerprint density at radius 1 is 1.19 bits per heavy atom. The summed E-state index contributed by atoms with van der Waals surface area (Å²) in [6.45, 7) is 0.165. The van der Waals surface area contributed by atoms with Gasteiger partial charge < -0.3 is 10.0 Å². The molecular formula is C19H14F2N2O3. The summed E-state index contributed by atoms with van der Waals surface area (Å²) in [5.41, 5.74) is -1.00. The Morgan fingerprint density at radius 2 is 1.92 bits per heavy atom. The molecule has 1 aliphatic carbocycles. The number of hydrogen-bond donors (Lipinski definition) is 1. The summed E-state index contributed by atoms with van der Waals surface area (Å²) in [6.07, 6.45) is 1.72. The maximum atomic E-state index is 14.6. The fourth-order valence-corrected chi connectivity index (χ4v) is 2.65. The summed E-state index contributed by atoms with van der Waals surface area (Å²) in [6, 6.07) is 8.92. The summed E-state index contributed by atoms with van der Waals surface area (Å²) in [4.78, 5) is 25.1. The van der Waals surface area contributed by atoms with Crippen molar-refractivity contribution in [3.8, 4) is 6.07 Å². The molecule has 1 N–H and O–H groups in total. The fourth-order valence-electron chi connectivity index (χ4n) is 2.65. The predicted octanol–water partition coefficient (Wildman–Crippen LogP) is 3.59. The van der Waals surface area contributed by atoms with Gasteiger partial charge >= 0.3 is 5.97 Å². The van der Waals surface area contributed by atoms with Crippen LogP contribution in [0.3, 0.4) is 0 Å². The topological polar surface area (TPSA) is 81.4 Å². The fraction of sp³-hybridized carbons (Fsp3) is 0.211. The minimum atomic E-state index is -1.45. The molecular weight excluding hydrogens is 342 g/mol. The Kier molecular flexibility index (Phi) is 4.67. The van der Waals surface area contributed by atoms with Gasteiger partial charge in [0.05, 0.1) is 28.4 Å². The lowest BCUT2D eigenvalue weighted by molar-refractivity contribution is 0.0691. The van der Waals surface area contributed by atoms with Gasteiger partial charge in [0, 0.05) is 6.54 Å². The van der Waals surface area contributed by atoms with Crippen LogP contribution in [0.25, 0.3) is 0 Å². The van der Waals surface area contributed by atoms with Crippen LogP contribution < -0.4 is 4.90 Å². The van der Waals surface area contributed by atoms with Crippen LogP contribution in [0, 0.1) is 28.9 Å². The van der Waals surface area contributed by atoms with Gasteiger partial charge in [0.25, 0.3) is 5.91 Å². The van der Waals surface area contributed by atoms with Crippen molar-refractivity contribution in [3.05, 3.63) is 64.7 Å². The highest BCUT2D eigenvalue weighted by Gasteiger charge is 2.31. The molecule has 0 spiro atoms. The number of benzene rings is 2. The summed E-state index contributed by atoms with van der Waals surface area (Å²) in [5, 5.41) is 17.9. The lowest BCUT2D eigenvalue weighted by Gasteiger charge is -2.24. The van der Waals surface area contributed by atoms with E-state index in [4.69, 9.17) is 10.4 Å². The first-order valence-corrected chi connectivity index (χ1v) is 7.95. The summed E-state index contributed by atoms with van der Waals surface area (Å²) in [5.74, 6) is -3.99. The van der Waals surface area contributed by atoms with E-state index in [1.165, 1.54) is 24.3 Å². The SMILES string of the molecule is N#Cc1ccc(C(=O)N(CC2CC2)c2cccc(C(=O)O)c2F)c(F)c1. The number of anilines is 1. The van der Waals surface area contributed by atoms with Crippen LogP contribution >= 0.6 is 0 Å². The normalized spacial score (nSPS) is 13.1. The molecule has 5 nitrogen and oxygen atoms in total. The number of nitriles is 1. The Hall–Kier alpha value is -3.27. The van der Waals surface area contributed by atoms with Crippen LogP contribution in [-0.2, 0) is 0 Å². The Bertz CT molecular complexity index is 933. The van der Waals surface area contributed by atoms with Crippen LogP contribution in [0.15, 0.2) is 36.4 Å². The van der Waals surface area contributed by atoms with Gasteiger partial charge in [-0.25, -0.2) is 13.6 Å². The van der Waals surface area contributed by atoms with Gasteiger partial charge in [-0.15, -0.1) is 0 Å². The zero-order valence-corrected chi connectivity index (χ0v) is 13.6. The molecule has 2 aromatic carbocycles. The second-order valence-electron chi connectivity index (χ2n) is 6.11. The third kappa shape index (κ3) is 3.40. The molecule has 3 rings (SSSR count). The van der Waals surface area contributed by atoms with Crippen LogP contribution in [0.2, 0.25) is 0 Å². The maximum Gasteiger partial charge on any atom is 0.338 e. The number of rotatable bonds is 5. The van der Waals surface area contributed by atoms with E-state index in [-0.39, 0.29) is 29.3 Å². The number of aromatic carboxylic acids is 1. The molecule has 1 amide bonds. The molecule has 0 atom stereocenters. The Labute approximate surface area is 148 Å². The summed E-state index contributed by atoms with van der Waals surface area (Å²) < 4.78 is 28.9. The number of amides is 1. The van der Waals surface area contributed by atoms with Crippen molar-refractivity contribution in [2.24, 2.45) is 5.92 Å². The van der Waals surface area contributed by atoms with E-state index < -0.39 is 29.1 Å². The highest BCUT2D eigenvalue weighted by molar-refractivity contribution is 6.07. The summed E-state index contributed by atoms with van der Waals surface area (Å²) >= 11 is 0. The zero-order valence-electron chi connectivity index (χ0n) is 13.6. The van der Waals surface area contributed by atoms with Crippen molar-refractivity contribution in [2.45, 2.75) is 12.8 Å². The van der Waals surface area contributed by atoms with Crippen LogP contribution in [0.1, 0.15) is 39.1 Å². The molecule has 0 saturated heterocycles. The molecule has 0 radical (unpaired) electrons. The molecule has 26 heavy (non-hydrogen) atoms. The second-order valence-corrected chi connectivity index (χ2v) is 6.11. The van der Waals surface area contributed by atoms with Crippen LogP contribution in [-0.4, -0.2) is 23.5 Å². The highest BCUT2D eigenvalue weighted by atomic mass is 19.1. The number of carbonyl (C=O) groups is 2. The number of nitrogens with zero attached hydrogens (tertiary/aromatic N) is 2. The molecule has 132 valence electrons. The quantitative estimate of drug-likeness (QED) is 0.888. The van der Waals surface area contributed by atoms with E-state index >= 15 is 0 Å². The third-order valence-electron chi connectivity index (χ3n) is 4.21. The molecule has 0 unspecified atom stereocenters. The number of carbonyl (C=O) groups excluding carboxylic acids is 1. The maximum absolute atomic E-state index is 14.6. The molecule has 1 saturated carbocycles. The summed E-state index contributed by atoms with van der Waals surface area (Å²) in [7, 11) is 0. The van der Waals surface area contributed by atoms with Crippen LogP contribution in [0.5, 0.6) is 0 Å². The predicted molar refractivity (Wildman–Crippen MR) is 88.9 cm³/mol. The van der Waals surface area contributed by atoms with E-state index in [1.54, 1.807) is 6.07 Å². The van der Waals surface area contributed by atoms with Crippen molar-refractivity contribution in [1.29, 1.82) is 5.26 Å². The van der Waals surface area contributed by atoms with Gasteiger partial charge in [0.1, 0.15) is 5.82 Å². The van der Waals surface area contributed by atoms with E-state index in [1.807, 2.05) is 0 Å². The van der Waals surface area contributed by atoms with E-state index in [0.29, 0.717) is 0 Å². The number of carboxylic acid groups (broad SMARTS) is 1. The first kappa shape index (κ1) is 17.5. The molecule has 0 heterocycles. The number of halogens is 2. The van der Waals surface area contributed by atoms with Gasteiger partial charge in [0.15, 0.2) is 5.82 Å². The third-order valence-corrected chi connectivity index (χ3v) is 4.21. The molecule has 1 fully saturated rings. The smallest absolute Gasteiger partial charge is 0.338 e. The highest BCUT2D eigenvalue weighted by Crippen LogP contribution is 2.34. The molecule has 2 aromatic rings. The van der Waals surface area contributed by atoms with Crippen molar-refractivity contribution >= 4 is 17.6 Å². The van der Waals surface area contributed by atoms with E-state index in [9.17, 15) is 18.4 Å². The molecule has 0 bridgehead atoms. The monoisotopic (exact) mass is 356 g/mol. The second kappa shape index (κ2) is 6.92. The van der Waals surface area contributed by atoms with E-state index in [0.717, 1.165) is 29.9 Å². The van der Waals surface area contributed by atoms with Crippen molar-refractivity contribution in [2.75, 3.05) is 11.4 Å². The standard InChI is InChI=1S/C19H14F2N2O3/c20-15-8-12(9-22)6-7-13(15)18(24)23(10-11-4-5-11)16-3-1-2-14(17(16)21)19(25)26/h1-3,6-8,11H,4-5,10H2,(H,25,26). The lowest BCUT2D eigenvalue weighted by atomic mass is 10.1. The Balaban J connectivity index is 2.04. The van der Waals surface area contributed by atoms with Crippen molar-refractivity contribution in [3.63, 3.8) is 0 Å². The lowest BCUT2D eigenvalue weighted by Crippen LogP contribution is -2.34. The first-order valence-electron chi connectivity index (χ1n) is 7.95. The first-order chi connectivity index (χ1) is 12.4. The average molecular weight is 356 g/mol. The van der Waals surface area contributed by atoms with Crippen molar-refractivity contribution < 1.29 is 23.5 Å².